The van der Waals surface area contributed by atoms with Crippen LogP contribution in [0.4, 0.5) is 5.82 Å². The molecule has 0 unspecified atom stereocenters. The maximum absolute atomic E-state index is 6.44. The molecule has 1 N–H and O–H groups in total. The van der Waals surface area contributed by atoms with E-state index in [9.17, 15) is 0 Å². The minimum Gasteiger partial charge on any atom is -0.367 e. The van der Waals surface area contributed by atoms with E-state index in [1.165, 1.54) is 25.7 Å². The van der Waals surface area contributed by atoms with E-state index in [0.717, 1.165) is 29.2 Å². The fraction of sp³-hybridized carbons (Fsp3) is 0.412. The van der Waals surface area contributed by atoms with Crippen molar-refractivity contribution in [3.8, 4) is 11.1 Å². The number of benzene rings is 1. The van der Waals surface area contributed by atoms with Gasteiger partial charge in [0.15, 0.2) is 0 Å². The van der Waals surface area contributed by atoms with Gasteiger partial charge in [0.25, 0.3) is 0 Å². The number of hydrogen-bond acceptors (Lipinski definition) is 3. The van der Waals surface area contributed by atoms with Crippen LogP contribution in [0.2, 0.25) is 5.15 Å². The molecule has 0 saturated heterocycles. The zero-order chi connectivity index (χ0) is 14.7. The van der Waals surface area contributed by atoms with Gasteiger partial charge in [0.05, 0.1) is 5.56 Å². The fourth-order valence-electron chi connectivity index (χ4n) is 2.86. The Morgan fingerprint density at radius 1 is 1.14 bits per heavy atom. The summed E-state index contributed by atoms with van der Waals surface area (Å²) < 4.78 is 0. The molecule has 22 heavy (non-hydrogen) atoms. The third kappa shape index (κ3) is 3.71. The molecule has 0 radical (unpaired) electrons. The lowest BCUT2D eigenvalue weighted by atomic mass is 10.1. The van der Waals surface area contributed by atoms with Crippen LogP contribution in [0.15, 0.2) is 30.3 Å². The fourth-order valence-corrected chi connectivity index (χ4v) is 3.16. The predicted molar refractivity (Wildman–Crippen MR) is 95.0 cm³/mol. The van der Waals surface area contributed by atoms with Crippen molar-refractivity contribution < 1.29 is 0 Å². The van der Waals surface area contributed by atoms with Crippen molar-refractivity contribution in [2.45, 2.75) is 45.1 Å². The van der Waals surface area contributed by atoms with Crippen molar-refractivity contribution in [3.05, 3.63) is 41.3 Å². The summed E-state index contributed by atoms with van der Waals surface area (Å²) in [5.41, 5.74) is 1.98. The van der Waals surface area contributed by atoms with E-state index < -0.39 is 0 Å². The van der Waals surface area contributed by atoms with Gasteiger partial charge in [-0.15, -0.1) is 12.4 Å². The SMILES string of the molecule is CCc1nc(Cl)c(-c2ccccc2)c(NC2CCCC2)n1.Cl. The molecule has 0 spiro atoms. The number of nitrogens with one attached hydrogen (secondary N) is 1. The molecular weight excluding hydrogens is 317 g/mol. The van der Waals surface area contributed by atoms with Crippen LogP contribution >= 0.6 is 24.0 Å². The van der Waals surface area contributed by atoms with Crippen LogP contribution in [0.1, 0.15) is 38.4 Å². The Bertz CT molecular complexity index is 611. The van der Waals surface area contributed by atoms with Gasteiger partial charge in [-0.25, -0.2) is 9.97 Å². The number of rotatable bonds is 4. The molecular formula is C17H21Cl2N3. The monoisotopic (exact) mass is 337 g/mol. The minimum absolute atomic E-state index is 0. The highest BCUT2D eigenvalue weighted by Gasteiger charge is 2.20. The number of aromatic nitrogens is 2. The first-order valence-electron chi connectivity index (χ1n) is 7.66. The second-order valence-corrected chi connectivity index (χ2v) is 5.86. The molecule has 3 rings (SSSR count). The number of anilines is 1. The van der Waals surface area contributed by atoms with Gasteiger partial charge in [-0.3, -0.25) is 0 Å². The first-order chi connectivity index (χ1) is 10.3. The van der Waals surface area contributed by atoms with E-state index in [-0.39, 0.29) is 12.4 Å². The summed E-state index contributed by atoms with van der Waals surface area (Å²) >= 11 is 6.44. The van der Waals surface area contributed by atoms with Gasteiger partial charge < -0.3 is 5.32 Å². The second kappa shape index (κ2) is 7.80. The average Bonchev–Trinajstić information content (AvgIpc) is 3.00. The van der Waals surface area contributed by atoms with Gasteiger partial charge in [0, 0.05) is 12.5 Å². The van der Waals surface area contributed by atoms with Crippen LogP contribution in [-0.2, 0) is 6.42 Å². The van der Waals surface area contributed by atoms with Crippen molar-refractivity contribution in [3.63, 3.8) is 0 Å². The van der Waals surface area contributed by atoms with Gasteiger partial charge in [-0.05, 0) is 18.4 Å². The van der Waals surface area contributed by atoms with E-state index in [0.29, 0.717) is 11.2 Å². The Labute approximate surface area is 142 Å². The Kier molecular flexibility index (Phi) is 6.04. The van der Waals surface area contributed by atoms with Gasteiger partial charge in [-0.2, -0.15) is 0 Å². The molecule has 1 aromatic heterocycles. The third-order valence-corrected chi connectivity index (χ3v) is 4.26. The highest BCUT2D eigenvalue weighted by Crippen LogP contribution is 2.34. The lowest BCUT2D eigenvalue weighted by molar-refractivity contribution is 0.747. The van der Waals surface area contributed by atoms with E-state index in [1.807, 2.05) is 25.1 Å². The highest BCUT2D eigenvalue weighted by atomic mass is 35.5. The zero-order valence-corrected chi connectivity index (χ0v) is 14.3. The molecule has 1 saturated carbocycles. The van der Waals surface area contributed by atoms with Crippen LogP contribution in [0.5, 0.6) is 0 Å². The Morgan fingerprint density at radius 2 is 1.82 bits per heavy atom. The van der Waals surface area contributed by atoms with Gasteiger partial charge in [0.2, 0.25) is 0 Å². The number of nitrogens with zero attached hydrogens (tertiary/aromatic N) is 2. The summed E-state index contributed by atoms with van der Waals surface area (Å²) in [5, 5.41) is 4.12. The van der Waals surface area contributed by atoms with Crippen LogP contribution in [-0.4, -0.2) is 16.0 Å². The first kappa shape index (κ1) is 17.0. The van der Waals surface area contributed by atoms with Crippen LogP contribution in [0.3, 0.4) is 0 Å². The number of halogens is 2. The predicted octanol–water partition coefficient (Wildman–Crippen LogP) is 5.14. The molecule has 118 valence electrons. The van der Waals surface area contributed by atoms with Gasteiger partial charge in [0.1, 0.15) is 16.8 Å². The molecule has 0 aliphatic heterocycles. The molecule has 1 aliphatic rings. The number of hydrogen-bond donors (Lipinski definition) is 1. The summed E-state index contributed by atoms with van der Waals surface area (Å²) in [6.07, 6.45) is 5.78. The van der Waals surface area contributed by atoms with E-state index >= 15 is 0 Å². The first-order valence-corrected chi connectivity index (χ1v) is 8.04. The summed E-state index contributed by atoms with van der Waals surface area (Å²) in [4.78, 5) is 9.10. The summed E-state index contributed by atoms with van der Waals surface area (Å²) in [6, 6.07) is 10.6. The van der Waals surface area contributed by atoms with Crippen LogP contribution in [0.25, 0.3) is 11.1 Å². The topological polar surface area (TPSA) is 37.8 Å². The molecule has 0 amide bonds. The molecule has 1 aromatic carbocycles. The largest absolute Gasteiger partial charge is 0.367 e. The summed E-state index contributed by atoms with van der Waals surface area (Å²) in [7, 11) is 0. The van der Waals surface area contributed by atoms with Gasteiger partial charge >= 0.3 is 0 Å². The smallest absolute Gasteiger partial charge is 0.142 e. The summed E-state index contributed by atoms with van der Waals surface area (Å²) in [6.45, 7) is 2.05. The molecule has 0 bridgehead atoms. The van der Waals surface area contributed by atoms with Crippen molar-refractivity contribution in [1.29, 1.82) is 0 Å². The van der Waals surface area contributed by atoms with E-state index in [4.69, 9.17) is 11.6 Å². The lowest BCUT2D eigenvalue weighted by Crippen LogP contribution is -2.17. The molecule has 5 heteroatoms. The molecule has 2 aromatic rings. The molecule has 3 nitrogen and oxygen atoms in total. The Hall–Kier alpha value is -1.32. The quantitative estimate of drug-likeness (QED) is 0.785. The van der Waals surface area contributed by atoms with Crippen molar-refractivity contribution in [2.75, 3.05) is 5.32 Å². The summed E-state index contributed by atoms with van der Waals surface area (Å²) in [5.74, 6) is 1.67. The van der Waals surface area contributed by atoms with Crippen molar-refractivity contribution in [2.24, 2.45) is 0 Å². The molecule has 1 heterocycles. The maximum Gasteiger partial charge on any atom is 0.142 e. The van der Waals surface area contributed by atoms with E-state index in [2.05, 4.69) is 27.4 Å². The van der Waals surface area contributed by atoms with Crippen LogP contribution in [0, 0.1) is 0 Å². The van der Waals surface area contributed by atoms with E-state index in [1.54, 1.807) is 0 Å². The van der Waals surface area contributed by atoms with Crippen LogP contribution < -0.4 is 5.32 Å². The lowest BCUT2D eigenvalue weighted by Gasteiger charge is -2.18. The van der Waals surface area contributed by atoms with Gasteiger partial charge in [-0.1, -0.05) is 61.7 Å². The maximum atomic E-state index is 6.44. The molecule has 0 atom stereocenters. The third-order valence-electron chi connectivity index (χ3n) is 3.99. The van der Waals surface area contributed by atoms with Crippen molar-refractivity contribution in [1.82, 2.24) is 9.97 Å². The normalized spacial score (nSPS) is 14.6. The minimum atomic E-state index is 0. The Morgan fingerprint density at radius 3 is 2.45 bits per heavy atom. The Balaban J connectivity index is 0.00000176. The molecule has 1 aliphatic carbocycles. The average molecular weight is 338 g/mol. The highest BCUT2D eigenvalue weighted by molar-refractivity contribution is 6.32. The zero-order valence-electron chi connectivity index (χ0n) is 12.7. The standard InChI is InChI=1S/C17H20ClN3.ClH/c1-2-14-20-16(18)15(12-8-4-3-5-9-12)17(21-14)19-13-10-6-7-11-13;/h3-5,8-9,13H,2,6-7,10-11H2,1H3,(H,19,20,21);1H. The molecule has 1 fully saturated rings. The number of aryl methyl sites for hydroxylation is 1. The van der Waals surface area contributed by atoms with Crippen molar-refractivity contribution >= 4 is 29.8 Å². The second-order valence-electron chi connectivity index (χ2n) is 5.50.